The Morgan fingerprint density at radius 2 is 1.26 bits per heavy atom. The number of nitrogens with two attached hydrogens (primary N) is 3. The molecule has 21 N–H and O–H groups in total. The second-order valence-electron chi connectivity index (χ2n) is 14.9. The minimum Gasteiger partial charge on any atom is -0.481 e. The molecular formula is C36H60N12O18. The Labute approximate surface area is 375 Å². The maximum absolute atomic E-state index is 13.8. The Kier molecular flexibility index (Phi) is 25.6. The van der Waals surface area contributed by atoms with Crippen LogP contribution in [0.5, 0.6) is 0 Å². The first kappa shape index (κ1) is 57.7. The van der Waals surface area contributed by atoms with E-state index in [1.165, 1.54) is 0 Å². The van der Waals surface area contributed by atoms with E-state index in [4.69, 9.17) is 17.3 Å². The number of ketones is 2. The number of carbonyl (C=O) groups is 12. The molecule has 1 aliphatic rings. The first-order valence-electron chi connectivity index (χ1n) is 20.3. The molecule has 0 bridgehead atoms. The molecule has 10 atom stereocenters. The highest BCUT2D eigenvalue weighted by atomic mass is 16.4. The number of nitrogens with one attached hydrogen (secondary N) is 9. The molecule has 372 valence electrons. The van der Waals surface area contributed by atoms with Crippen molar-refractivity contribution in [2.45, 2.75) is 119 Å². The molecule has 0 radical (unpaired) electrons. The maximum Gasteiger partial charge on any atom is 0.303 e. The molecular weight excluding hydrogens is 888 g/mol. The van der Waals surface area contributed by atoms with Crippen molar-refractivity contribution in [1.29, 1.82) is 0 Å². The molecule has 0 aromatic carbocycles. The zero-order valence-corrected chi connectivity index (χ0v) is 35.8. The standard InChI is InChI=1S/C36H60N12O18/c1-15(53)27(47-35(65)23(14-52)48-39)36(66)44-19(10-24(37)54)28(58)29(59)20(11-49)41-17-5-7-25(55)40-9-3-2-4-16(30(38)60)42-33(63)21(12-50)46-32(62)18(6-8-26(56)57)43-34(64)22(13-51)45-31(17)61/h15-23,27,41,48-53H,2-14,39H2,1H3,(H2,37,54)(H2,38,60)(H,40,55)(H,42,63)(H,43,64)(H,44,66)(H,45,61)(H,46,62)(H,47,65)(H,56,57)/t15-,16?,17?,18+,19+,20+,21?,22?,23+,27+/m1/s1. The highest BCUT2D eigenvalue weighted by molar-refractivity contribution is 6.41. The molecule has 0 aliphatic carbocycles. The molecule has 1 saturated heterocycles. The molecule has 0 aromatic rings. The Balaban J connectivity index is 3.58. The van der Waals surface area contributed by atoms with Crippen LogP contribution in [0.2, 0.25) is 0 Å². The van der Waals surface area contributed by atoms with Crippen molar-refractivity contribution in [3.8, 4) is 0 Å². The largest absolute Gasteiger partial charge is 0.481 e. The van der Waals surface area contributed by atoms with Crippen LogP contribution in [0.3, 0.4) is 0 Å². The summed E-state index contributed by atoms with van der Waals surface area (Å²) in [6, 6.07) is -16.2. The van der Waals surface area contributed by atoms with Crippen molar-refractivity contribution < 1.29 is 88.2 Å². The fraction of sp³-hybridized carbons (Fsp3) is 0.667. The average Bonchev–Trinajstić information content (AvgIpc) is 3.25. The van der Waals surface area contributed by atoms with Crippen molar-refractivity contribution >= 4 is 70.7 Å². The van der Waals surface area contributed by atoms with Crippen LogP contribution in [-0.4, -0.2) is 195 Å². The van der Waals surface area contributed by atoms with Gasteiger partial charge in [-0.05, 0) is 39.0 Å². The minimum atomic E-state index is -2.12. The summed E-state index contributed by atoms with van der Waals surface area (Å²) in [5, 5.41) is 76.6. The lowest BCUT2D eigenvalue weighted by molar-refractivity contribution is -0.142. The van der Waals surface area contributed by atoms with Crippen molar-refractivity contribution in [3.05, 3.63) is 0 Å². The van der Waals surface area contributed by atoms with E-state index in [1.54, 1.807) is 0 Å². The summed E-state index contributed by atoms with van der Waals surface area (Å²) in [4.78, 5) is 154. The third kappa shape index (κ3) is 19.4. The number of amides is 9. The van der Waals surface area contributed by atoms with E-state index in [2.05, 4.69) is 37.2 Å². The molecule has 0 spiro atoms. The van der Waals surface area contributed by atoms with Gasteiger partial charge in [0, 0.05) is 19.4 Å². The van der Waals surface area contributed by atoms with Crippen LogP contribution in [0.25, 0.3) is 0 Å². The van der Waals surface area contributed by atoms with E-state index >= 15 is 0 Å². The van der Waals surface area contributed by atoms with E-state index in [0.29, 0.717) is 0 Å². The highest BCUT2D eigenvalue weighted by Crippen LogP contribution is 2.09. The van der Waals surface area contributed by atoms with Gasteiger partial charge in [-0.15, -0.1) is 0 Å². The number of hydrogen-bond donors (Lipinski definition) is 18. The van der Waals surface area contributed by atoms with Gasteiger partial charge in [0.05, 0.1) is 51.0 Å². The second-order valence-corrected chi connectivity index (χ2v) is 14.9. The number of aliphatic hydroxyl groups excluding tert-OH is 5. The molecule has 1 heterocycles. The zero-order valence-electron chi connectivity index (χ0n) is 35.8. The Morgan fingerprint density at radius 3 is 1.77 bits per heavy atom. The fourth-order valence-electron chi connectivity index (χ4n) is 5.99. The van der Waals surface area contributed by atoms with Crippen molar-refractivity contribution in [3.63, 3.8) is 0 Å². The van der Waals surface area contributed by atoms with Gasteiger partial charge >= 0.3 is 5.97 Å². The highest BCUT2D eigenvalue weighted by Gasteiger charge is 2.39. The third-order valence-corrected chi connectivity index (χ3v) is 9.73. The number of aliphatic carboxylic acids is 1. The van der Waals surface area contributed by atoms with Crippen LogP contribution in [0.1, 0.15) is 58.3 Å². The first-order valence-corrected chi connectivity index (χ1v) is 20.3. The number of carboxylic acids is 1. The Hall–Kier alpha value is -6.28. The minimum absolute atomic E-state index is 0.0346. The van der Waals surface area contributed by atoms with Crippen molar-refractivity contribution in [1.82, 2.24) is 48.0 Å². The molecule has 30 nitrogen and oxygen atoms in total. The number of hydrogen-bond acceptors (Lipinski definition) is 20. The summed E-state index contributed by atoms with van der Waals surface area (Å²) >= 11 is 0. The summed E-state index contributed by atoms with van der Waals surface area (Å²) < 4.78 is 0. The van der Waals surface area contributed by atoms with Gasteiger partial charge in [-0.25, -0.2) is 5.43 Å². The van der Waals surface area contributed by atoms with Crippen LogP contribution in [-0.2, 0) is 57.5 Å². The van der Waals surface area contributed by atoms with Crippen LogP contribution in [0.15, 0.2) is 0 Å². The van der Waals surface area contributed by atoms with E-state index in [0.717, 1.165) is 6.92 Å². The lowest BCUT2D eigenvalue weighted by Crippen LogP contribution is -2.62. The lowest BCUT2D eigenvalue weighted by Gasteiger charge is -2.28. The predicted molar refractivity (Wildman–Crippen MR) is 219 cm³/mol. The normalized spacial score (nSPS) is 23.0. The zero-order chi connectivity index (χ0) is 50.3. The number of Topliss-reactive ketones (excluding diaryl/α,β-unsaturated/α-hetero) is 2. The summed E-state index contributed by atoms with van der Waals surface area (Å²) in [5.74, 6) is -9.78. The van der Waals surface area contributed by atoms with Gasteiger partial charge in [-0.3, -0.25) is 68.7 Å². The number of carboxylic acid groups (broad SMARTS) is 1. The number of primary amides is 2. The number of carbonyl (C=O) groups excluding carboxylic acids is 11. The Morgan fingerprint density at radius 1 is 0.712 bits per heavy atom. The first-order chi connectivity index (χ1) is 31.0. The molecule has 4 unspecified atom stereocenters. The van der Waals surface area contributed by atoms with Crippen LogP contribution >= 0.6 is 0 Å². The monoisotopic (exact) mass is 948 g/mol. The van der Waals surface area contributed by atoms with Gasteiger partial charge in [0.25, 0.3) is 0 Å². The van der Waals surface area contributed by atoms with Crippen LogP contribution in [0.4, 0.5) is 0 Å². The summed E-state index contributed by atoms with van der Waals surface area (Å²) in [6.07, 6.45) is -4.98. The number of hydrazine groups is 1. The van der Waals surface area contributed by atoms with Gasteiger partial charge in [-0.1, -0.05) is 0 Å². The molecule has 9 amide bonds. The second kappa shape index (κ2) is 29.3. The lowest BCUT2D eigenvalue weighted by atomic mass is 9.98. The van der Waals surface area contributed by atoms with Gasteiger partial charge in [0.1, 0.15) is 42.3 Å². The number of aliphatic hydroxyl groups is 5. The maximum atomic E-state index is 13.8. The molecule has 1 aliphatic heterocycles. The predicted octanol–water partition coefficient (Wildman–Crippen LogP) is -11.2. The van der Waals surface area contributed by atoms with Gasteiger partial charge < -0.3 is 79.3 Å². The van der Waals surface area contributed by atoms with Crippen LogP contribution < -0.4 is 65.3 Å². The molecule has 0 aromatic heterocycles. The van der Waals surface area contributed by atoms with Crippen LogP contribution in [0, 0.1) is 0 Å². The molecule has 30 heteroatoms. The summed E-state index contributed by atoms with van der Waals surface area (Å²) in [7, 11) is 0. The van der Waals surface area contributed by atoms with Crippen molar-refractivity contribution in [2.24, 2.45) is 17.3 Å². The van der Waals surface area contributed by atoms with Gasteiger partial charge in [0.2, 0.25) is 64.7 Å². The van der Waals surface area contributed by atoms with E-state index in [9.17, 15) is 88.2 Å². The van der Waals surface area contributed by atoms with E-state index in [-0.39, 0.29) is 25.8 Å². The Bertz CT molecular complexity index is 1770. The number of rotatable bonds is 21. The van der Waals surface area contributed by atoms with Crippen molar-refractivity contribution in [2.75, 3.05) is 33.0 Å². The molecule has 0 saturated carbocycles. The SMILES string of the molecule is C[C@@H](O)[C@H](NC(=O)[C@H](CO)NN)C(=O)N[C@@H](CC(N)=O)C(=O)C(=O)[C@H](CO)NC1CCC(=O)NCCCCC(C(N)=O)NC(=O)C(CO)NC(=O)[C@H](CCC(=O)O)NC(=O)C(CO)NC1=O. The quantitative estimate of drug-likeness (QED) is 0.0289. The molecule has 1 fully saturated rings. The summed E-state index contributed by atoms with van der Waals surface area (Å²) in [5.41, 5.74) is 12.6. The van der Waals surface area contributed by atoms with E-state index < -0.39 is 190 Å². The smallest absolute Gasteiger partial charge is 0.303 e. The fourth-order valence-corrected chi connectivity index (χ4v) is 5.99. The van der Waals surface area contributed by atoms with Gasteiger partial charge in [-0.2, -0.15) is 0 Å². The topological polar surface area (TPSA) is 513 Å². The third-order valence-electron chi connectivity index (χ3n) is 9.73. The van der Waals surface area contributed by atoms with E-state index in [1.807, 2.05) is 10.7 Å². The molecule has 66 heavy (non-hydrogen) atoms. The molecule has 1 rings (SSSR count). The van der Waals surface area contributed by atoms with Gasteiger partial charge in [0.15, 0.2) is 0 Å². The summed E-state index contributed by atoms with van der Waals surface area (Å²) in [6.45, 7) is -3.39. The average molecular weight is 949 g/mol.